The number of aryl methyl sites for hydroxylation is 2. The second-order valence-electron chi connectivity index (χ2n) is 9.37. The number of nitrogens with zero attached hydrogens (tertiary/aromatic N) is 2. The summed E-state index contributed by atoms with van der Waals surface area (Å²) in [5.41, 5.74) is 5.13. The van der Waals surface area contributed by atoms with Crippen LogP contribution in [0, 0.1) is 12.8 Å². The maximum atomic E-state index is 13.5. The zero-order valence-corrected chi connectivity index (χ0v) is 18.5. The van der Waals surface area contributed by atoms with Crippen LogP contribution in [0.15, 0.2) is 18.2 Å². The number of fused-ring (bicyclic) bond motifs is 2. The summed E-state index contributed by atoms with van der Waals surface area (Å²) in [5, 5.41) is 4.26. The van der Waals surface area contributed by atoms with Gasteiger partial charge in [-0.1, -0.05) is 25.5 Å². The molecule has 0 atom stereocenters. The van der Waals surface area contributed by atoms with Gasteiger partial charge in [0.25, 0.3) is 5.91 Å². The first kappa shape index (κ1) is 20.8. The Morgan fingerprint density at radius 1 is 1.17 bits per heavy atom. The quantitative estimate of drug-likeness (QED) is 0.827. The zero-order valence-electron chi connectivity index (χ0n) is 18.5. The first-order chi connectivity index (χ1) is 14.4. The number of pyridine rings is 1. The van der Waals surface area contributed by atoms with Crippen LogP contribution in [-0.2, 0) is 17.6 Å². The predicted octanol–water partition coefficient (Wildman–Crippen LogP) is 4.19. The van der Waals surface area contributed by atoms with Crippen molar-refractivity contribution in [2.75, 3.05) is 13.1 Å². The van der Waals surface area contributed by atoms with E-state index in [1.807, 2.05) is 11.0 Å². The van der Waals surface area contributed by atoms with Crippen LogP contribution in [0.1, 0.15) is 73.1 Å². The first-order valence-corrected chi connectivity index (χ1v) is 11.4. The van der Waals surface area contributed by atoms with Gasteiger partial charge in [0.15, 0.2) is 0 Å². The van der Waals surface area contributed by atoms with E-state index in [4.69, 9.17) is 4.98 Å². The molecule has 1 aliphatic heterocycles. The Kier molecular flexibility index (Phi) is 6.07. The average Bonchev–Trinajstić information content (AvgIpc) is 2.72. The Morgan fingerprint density at radius 3 is 2.63 bits per heavy atom. The molecule has 0 unspecified atom stereocenters. The van der Waals surface area contributed by atoms with Gasteiger partial charge in [-0.05, 0) is 69.1 Å². The van der Waals surface area contributed by atoms with E-state index in [2.05, 4.69) is 38.2 Å². The smallest absolute Gasteiger partial charge is 0.252 e. The second-order valence-corrected chi connectivity index (χ2v) is 9.37. The van der Waals surface area contributed by atoms with Gasteiger partial charge in [-0.15, -0.1) is 0 Å². The van der Waals surface area contributed by atoms with Crippen LogP contribution in [0.3, 0.4) is 0 Å². The predicted molar refractivity (Wildman–Crippen MR) is 120 cm³/mol. The number of amides is 2. The summed E-state index contributed by atoms with van der Waals surface area (Å²) in [7, 11) is 0. The molecule has 1 fully saturated rings. The fourth-order valence-corrected chi connectivity index (χ4v) is 4.81. The van der Waals surface area contributed by atoms with Crippen molar-refractivity contribution in [1.29, 1.82) is 0 Å². The van der Waals surface area contributed by atoms with Crippen molar-refractivity contribution in [3.63, 3.8) is 0 Å². The lowest BCUT2D eigenvalue weighted by atomic mass is 9.89. The largest absolute Gasteiger partial charge is 0.349 e. The molecule has 0 saturated carbocycles. The third-order valence-electron chi connectivity index (χ3n) is 6.41. The molecule has 30 heavy (non-hydrogen) atoms. The standard InChI is InChI=1S/C25H33N3O2/c1-16(2)14-23(29)28-12-10-18(11-13-28)26-25(30)24-19-6-4-5-7-21(19)27-22-9-8-17(3)15-20(22)24/h8-9,15-16,18H,4-7,10-14H2,1-3H3,(H,26,30). The lowest BCUT2D eigenvalue weighted by Crippen LogP contribution is -2.47. The van der Waals surface area contributed by atoms with E-state index in [0.717, 1.165) is 84.9 Å². The van der Waals surface area contributed by atoms with Crippen LogP contribution >= 0.6 is 0 Å². The molecule has 0 bridgehead atoms. The van der Waals surface area contributed by atoms with E-state index < -0.39 is 0 Å². The van der Waals surface area contributed by atoms with Crippen molar-refractivity contribution >= 4 is 22.7 Å². The van der Waals surface area contributed by atoms with Gasteiger partial charge in [0.1, 0.15) is 0 Å². The Hall–Kier alpha value is -2.43. The van der Waals surface area contributed by atoms with E-state index in [1.54, 1.807) is 0 Å². The Balaban J connectivity index is 1.53. The van der Waals surface area contributed by atoms with Gasteiger partial charge in [-0.25, -0.2) is 0 Å². The zero-order chi connectivity index (χ0) is 21.3. The van der Waals surface area contributed by atoms with Crippen molar-refractivity contribution in [2.24, 2.45) is 5.92 Å². The molecule has 1 aliphatic carbocycles. The highest BCUT2D eigenvalue weighted by Gasteiger charge is 2.27. The molecule has 160 valence electrons. The van der Waals surface area contributed by atoms with Gasteiger partial charge in [0.05, 0.1) is 11.1 Å². The number of benzene rings is 1. The number of carbonyl (C=O) groups excluding carboxylic acids is 2. The molecule has 1 aromatic carbocycles. The van der Waals surface area contributed by atoms with Gasteiger partial charge in [-0.3, -0.25) is 14.6 Å². The summed E-state index contributed by atoms with van der Waals surface area (Å²) in [5.74, 6) is 0.641. The van der Waals surface area contributed by atoms with E-state index >= 15 is 0 Å². The summed E-state index contributed by atoms with van der Waals surface area (Å²) in [6.45, 7) is 7.67. The van der Waals surface area contributed by atoms with Crippen molar-refractivity contribution in [3.8, 4) is 0 Å². The van der Waals surface area contributed by atoms with Crippen molar-refractivity contribution in [1.82, 2.24) is 15.2 Å². The van der Waals surface area contributed by atoms with Crippen molar-refractivity contribution in [2.45, 2.75) is 71.8 Å². The number of carbonyl (C=O) groups is 2. The second kappa shape index (κ2) is 8.75. The SMILES string of the molecule is Cc1ccc2nc3c(c(C(=O)NC4CCN(C(=O)CC(C)C)CC4)c2c1)CCCC3. The molecule has 1 N–H and O–H groups in total. The van der Waals surface area contributed by atoms with Crippen LogP contribution in [0.5, 0.6) is 0 Å². The molecule has 4 rings (SSSR count). The lowest BCUT2D eigenvalue weighted by Gasteiger charge is -2.33. The Labute approximate surface area is 179 Å². The van der Waals surface area contributed by atoms with E-state index in [0.29, 0.717) is 12.3 Å². The van der Waals surface area contributed by atoms with E-state index in [1.165, 1.54) is 0 Å². The molecule has 2 heterocycles. The monoisotopic (exact) mass is 407 g/mol. The van der Waals surface area contributed by atoms with E-state index in [-0.39, 0.29) is 17.9 Å². The van der Waals surface area contributed by atoms with Crippen LogP contribution in [0.4, 0.5) is 0 Å². The number of aromatic nitrogens is 1. The number of rotatable bonds is 4. The Morgan fingerprint density at radius 2 is 1.90 bits per heavy atom. The summed E-state index contributed by atoms with van der Waals surface area (Å²) in [6.07, 6.45) is 6.38. The maximum absolute atomic E-state index is 13.5. The van der Waals surface area contributed by atoms with Crippen molar-refractivity contribution in [3.05, 3.63) is 40.6 Å². The maximum Gasteiger partial charge on any atom is 0.252 e. The molecule has 5 nitrogen and oxygen atoms in total. The number of hydrogen-bond donors (Lipinski definition) is 1. The third kappa shape index (κ3) is 4.35. The molecule has 0 spiro atoms. The summed E-state index contributed by atoms with van der Waals surface area (Å²) < 4.78 is 0. The van der Waals surface area contributed by atoms with Crippen LogP contribution < -0.4 is 5.32 Å². The van der Waals surface area contributed by atoms with Crippen LogP contribution in [-0.4, -0.2) is 40.8 Å². The molecule has 0 radical (unpaired) electrons. The lowest BCUT2D eigenvalue weighted by molar-refractivity contribution is -0.133. The van der Waals surface area contributed by atoms with Gasteiger partial charge in [0.2, 0.25) is 5.91 Å². The fourth-order valence-electron chi connectivity index (χ4n) is 4.81. The van der Waals surface area contributed by atoms with Crippen LogP contribution in [0.25, 0.3) is 10.9 Å². The summed E-state index contributed by atoms with van der Waals surface area (Å²) in [4.78, 5) is 32.6. The number of hydrogen-bond acceptors (Lipinski definition) is 3. The fraction of sp³-hybridized carbons (Fsp3) is 0.560. The minimum Gasteiger partial charge on any atom is -0.349 e. The summed E-state index contributed by atoms with van der Waals surface area (Å²) in [6, 6.07) is 6.32. The minimum atomic E-state index is 0.0260. The van der Waals surface area contributed by atoms with Crippen LogP contribution in [0.2, 0.25) is 0 Å². The minimum absolute atomic E-state index is 0.0260. The average molecular weight is 408 g/mol. The number of nitrogens with one attached hydrogen (secondary N) is 1. The molecule has 2 aliphatic rings. The van der Waals surface area contributed by atoms with Gasteiger partial charge in [-0.2, -0.15) is 0 Å². The molecule has 2 aromatic rings. The molecule has 2 amide bonds. The molecular weight excluding hydrogens is 374 g/mol. The first-order valence-electron chi connectivity index (χ1n) is 11.4. The molecular formula is C25H33N3O2. The topological polar surface area (TPSA) is 62.3 Å². The van der Waals surface area contributed by atoms with E-state index in [9.17, 15) is 9.59 Å². The highest BCUT2D eigenvalue weighted by Crippen LogP contribution is 2.30. The van der Waals surface area contributed by atoms with Gasteiger partial charge >= 0.3 is 0 Å². The molecule has 5 heteroatoms. The molecule has 1 saturated heterocycles. The van der Waals surface area contributed by atoms with Gasteiger partial charge in [0, 0.05) is 36.6 Å². The third-order valence-corrected chi connectivity index (χ3v) is 6.41. The number of piperidine rings is 1. The summed E-state index contributed by atoms with van der Waals surface area (Å²) >= 11 is 0. The highest BCUT2D eigenvalue weighted by atomic mass is 16.2. The van der Waals surface area contributed by atoms with Gasteiger partial charge < -0.3 is 10.2 Å². The highest BCUT2D eigenvalue weighted by molar-refractivity contribution is 6.08. The number of likely N-dealkylation sites (tertiary alicyclic amines) is 1. The normalized spacial score (nSPS) is 17.3. The Bertz CT molecular complexity index is 959. The van der Waals surface area contributed by atoms with Crippen molar-refractivity contribution < 1.29 is 9.59 Å². The molecule has 1 aromatic heterocycles.